The van der Waals surface area contributed by atoms with Gasteiger partial charge >= 0.3 is 0 Å². The van der Waals surface area contributed by atoms with E-state index in [1.807, 2.05) is 36.4 Å². The van der Waals surface area contributed by atoms with Gasteiger partial charge in [-0.05, 0) is 24.3 Å². The summed E-state index contributed by atoms with van der Waals surface area (Å²) in [7, 11) is -1.79. The Morgan fingerprint density at radius 3 is 2.45 bits per heavy atom. The van der Waals surface area contributed by atoms with Crippen LogP contribution in [0, 0.1) is 0 Å². The van der Waals surface area contributed by atoms with Gasteiger partial charge < -0.3 is 9.30 Å². The first-order valence-corrected chi connectivity index (χ1v) is 8.55. The van der Waals surface area contributed by atoms with Crippen molar-refractivity contribution in [2.24, 2.45) is 7.05 Å². The third-order valence-corrected chi connectivity index (χ3v) is 5.01. The van der Waals surface area contributed by atoms with Crippen LogP contribution in [0.1, 0.15) is 0 Å². The highest BCUT2D eigenvalue weighted by atomic mass is 32.2. The Morgan fingerprint density at radius 1 is 1.05 bits per heavy atom. The van der Waals surface area contributed by atoms with E-state index < -0.39 is 9.84 Å². The third-order valence-electron chi connectivity index (χ3n) is 3.39. The smallest absolute Gasteiger partial charge is 0.228 e. The molecule has 2 aromatic carbocycles. The second-order valence-electron chi connectivity index (χ2n) is 4.92. The minimum Gasteiger partial charge on any atom is -0.493 e. The summed E-state index contributed by atoms with van der Waals surface area (Å²) in [5, 5.41) is 0.0744. The normalized spacial score (nSPS) is 11.7. The lowest BCUT2D eigenvalue weighted by Crippen LogP contribution is -2.17. The number of aryl methyl sites for hydroxylation is 1. The Balaban J connectivity index is 1.78. The molecule has 0 radical (unpaired) electrons. The highest BCUT2D eigenvalue weighted by Crippen LogP contribution is 2.19. The quantitative estimate of drug-likeness (QED) is 0.725. The Labute approximate surface area is 129 Å². The number of nitrogens with zero attached hydrogens (tertiary/aromatic N) is 2. The van der Waals surface area contributed by atoms with Gasteiger partial charge in [-0.2, -0.15) is 0 Å². The molecule has 0 unspecified atom stereocenters. The van der Waals surface area contributed by atoms with Crippen LogP contribution < -0.4 is 4.74 Å². The number of hydrogen-bond acceptors (Lipinski definition) is 4. The van der Waals surface area contributed by atoms with Crippen LogP contribution >= 0.6 is 0 Å². The Bertz CT molecular complexity index is 886. The van der Waals surface area contributed by atoms with Crippen molar-refractivity contribution in [3.8, 4) is 5.75 Å². The highest BCUT2D eigenvalue weighted by Gasteiger charge is 2.22. The van der Waals surface area contributed by atoms with Crippen molar-refractivity contribution >= 4 is 20.9 Å². The molecule has 0 aliphatic rings. The maximum Gasteiger partial charge on any atom is 0.228 e. The molecular weight excluding hydrogens is 300 g/mol. The van der Waals surface area contributed by atoms with Crippen molar-refractivity contribution in [1.82, 2.24) is 9.55 Å². The van der Waals surface area contributed by atoms with Crippen molar-refractivity contribution in [2.75, 3.05) is 12.4 Å². The van der Waals surface area contributed by atoms with Gasteiger partial charge in [-0.15, -0.1) is 0 Å². The molecule has 3 aromatic rings. The summed E-state index contributed by atoms with van der Waals surface area (Å²) in [4.78, 5) is 4.23. The first kappa shape index (κ1) is 14.6. The molecule has 0 N–H and O–H groups in total. The molecule has 3 rings (SSSR count). The molecule has 22 heavy (non-hydrogen) atoms. The van der Waals surface area contributed by atoms with Crippen LogP contribution in [0.2, 0.25) is 0 Å². The number of fused-ring (bicyclic) bond motifs is 1. The fourth-order valence-corrected chi connectivity index (χ4v) is 3.52. The predicted molar refractivity (Wildman–Crippen MR) is 84.7 cm³/mol. The molecule has 6 heteroatoms. The molecule has 1 aromatic heterocycles. The SMILES string of the molecule is Cn1c(S(=O)(=O)CCOc2ccccc2)nc2ccccc21. The van der Waals surface area contributed by atoms with E-state index in [9.17, 15) is 8.42 Å². The maximum atomic E-state index is 12.4. The monoisotopic (exact) mass is 316 g/mol. The van der Waals surface area contributed by atoms with Crippen LogP contribution in [0.4, 0.5) is 0 Å². The summed E-state index contributed by atoms with van der Waals surface area (Å²) in [6.07, 6.45) is 0. The molecule has 0 saturated carbocycles. The zero-order chi connectivity index (χ0) is 15.6. The molecule has 1 heterocycles. The molecule has 0 aliphatic heterocycles. The number of sulfone groups is 1. The van der Waals surface area contributed by atoms with E-state index in [0.717, 1.165) is 5.52 Å². The Morgan fingerprint density at radius 2 is 1.73 bits per heavy atom. The average molecular weight is 316 g/mol. The van der Waals surface area contributed by atoms with Gasteiger partial charge in [0.1, 0.15) is 12.4 Å². The number of benzene rings is 2. The molecule has 0 saturated heterocycles. The van der Waals surface area contributed by atoms with Crippen LogP contribution in [0.15, 0.2) is 59.8 Å². The average Bonchev–Trinajstić information content (AvgIpc) is 2.87. The third kappa shape index (κ3) is 2.82. The van der Waals surface area contributed by atoms with Gasteiger partial charge in [0.15, 0.2) is 0 Å². The van der Waals surface area contributed by atoms with Crippen molar-refractivity contribution in [1.29, 1.82) is 0 Å². The number of ether oxygens (including phenoxy) is 1. The second kappa shape index (κ2) is 5.81. The van der Waals surface area contributed by atoms with Crippen molar-refractivity contribution < 1.29 is 13.2 Å². The van der Waals surface area contributed by atoms with Gasteiger partial charge in [0.2, 0.25) is 15.0 Å². The molecular formula is C16H16N2O3S. The fourth-order valence-electron chi connectivity index (χ4n) is 2.28. The molecule has 0 amide bonds. The topological polar surface area (TPSA) is 61.2 Å². The van der Waals surface area contributed by atoms with Gasteiger partial charge in [0.25, 0.3) is 0 Å². The highest BCUT2D eigenvalue weighted by molar-refractivity contribution is 7.91. The number of rotatable bonds is 5. The summed E-state index contributed by atoms with van der Waals surface area (Å²) in [6.45, 7) is 0.0928. The minimum absolute atomic E-state index is 0.0744. The lowest BCUT2D eigenvalue weighted by atomic mass is 10.3. The minimum atomic E-state index is -3.50. The fraction of sp³-hybridized carbons (Fsp3) is 0.188. The molecule has 0 bridgehead atoms. The molecule has 114 valence electrons. The summed E-state index contributed by atoms with van der Waals surface area (Å²) >= 11 is 0. The van der Waals surface area contributed by atoms with Crippen molar-refractivity contribution in [2.45, 2.75) is 5.16 Å². The van der Waals surface area contributed by atoms with Crippen LogP contribution in [0.5, 0.6) is 5.75 Å². The molecule has 5 nitrogen and oxygen atoms in total. The van der Waals surface area contributed by atoms with E-state index in [0.29, 0.717) is 11.3 Å². The van der Waals surface area contributed by atoms with Crippen LogP contribution in [-0.4, -0.2) is 30.3 Å². The van der Waals surface area contributed by atoms with Gasteiger partial charge in [0, 0.05) is 7.05 Å². The predicted octanol–water partition coefficient (Wildman–Crippen LogP) is 2.43. The van der Waals surface area contributed by atoms with E-state index in [4.69, 9.17) is 4.74 Å². The van der Waals surface area contributed by atoms with E-state index in [-0.39, 0.29) is 17.5 Å². The largest absolute Gasteiger partial charge is 0.493 e. The van der Waals surface area contributed by atoms with E-state index in [2.05, 4.69) is 4.98 Å². The van der Waals surface area contributed by atoms with Gasteiger partial charge in [-0.3, -0.25) is 0 Å². The second-order valence-corrected chi connectivity index (χ2v) is 6.93. The van der Waals surface area contributed by atoms with Crippen LogP contribution in [0.25, 0.3) is 11.0 Å². The maximum absolute atomic E-state index is 12.4. The number of imidazole rings is 1. The first-order chi connectivity index (χ1) is 10.6. The first-order valence-electron chi connectivity index (χ1n) is 6.90. The standard InChI is InChI=1S/C16H16N2O3S/c1-18-15-10-6-5-9-14(15)17-16(18)22(19,20)12-11-21-13-7-3-2-4-8-13/h2-10H,11-12H2,1H3. The number of para-hydroxylation sites is 3. The van der Waals surface area contributed by atoms with Crippen LogP contribution in [0.3, 0.4) is 0 Å². The Kier molecular flexibility index (Phi) is 3.85. The number of hydrogen-bond donors (Lipinski definition) is 0. The summed E-state index contributed by atoms with van der Waals surface area (Å²) < 4.78 is 32.0. The van der Waals surface area contributed by atoms with Crippen molar-refractivity contribution in [3.63, 3.8) is 0 Å². The van der Waals surface area contributed by atoms with E-state index >= 15 is 0 Å². The summed E-state index contributed by atoms with van der Waals surface area (Å²) in [5.74, 6) is 0.543. The van der Waals surface area contributed by atoms with E-state index in [1.54, 1.807) is 29.8 Å². The van der Waals surface area contributed by atoms with E-state index in [1.165, 1.54) is 0 Å². The lowest BCUT2D eigenvalue weighted by molar-refractivity contribution is 0.340. The van der Waals surface area contributed by atoms with Gasteiger partial charge in [0.05, 0.1) is 16.8 Å². The molecule has 0 atom stereocenters. The Hall–Kier alpha value is -2.34. The molecule has 0 fully saturated rings. The number of aromatic nitrogens is 2. The van der Waals surface area contributed by atoms with Gasteiger partial charge in [-0.25, -0.2) is 13.4 Å². The van der Waals surface area contributed by atoms with Crippen molar-refractivity contribution in [3.05, 3.63) is 54.6 Å². The lowest BCUT2D eigenvalue weighted by Gasteiger charge is -2.07. The molecule has 0 aliphatic carbocycles. The van der Waals surface area contributed by atoms with Gasteiger partial charge in [-0.1, -0.05) is 30.3 Å². The summed E-state index contributed by atoms with van der Waals surface area (Å²) in [6, 6.07) is 16.5. The zero-order valence-corrected chi connectivity index (χ0v) is 13.0. The van der Waals surface area contributed by atoms with Crippen LogP contribution in [-0.2, 0) is 16.9 Å². The zero-order valence-electron chi connectivity index (χ0n) is 12.1. The summed E-state index contributed by atoms with van der Waals surface area (Å²) in [5.41, 5.74) is 1.47. The molecule has 0 spiro atoms.